The van der Waals surface area contributed by atoms with Gasteiger partial charge in [-0.2, -0.15) is 0 Å². The molecule has 102 valence electrons. The second-order valence-electron chi connectivity index (χ2n) is 5.08. The molecule has 1 aromatic carbocycles. The minimum Gasteiger partial charge on any atom is -0.396 e. The van der Waals surface area contributed by atoms with Crippen molar-refractivity contribution in [3.63, 3.8) is 0 Å². The number of rotatable bonds is 4. The lowest BCUT2D eigenvalue weighted by atomic mass is 9.85. The summed E-state index contributed by atoms with van der Waals surface area (Å²) in [5, 5.41) is 10.2. The van der Waals surface area contributed by atoms with Crippen LogP contribution in [-0.2, 0) is 6.54 Å². The molecule has 1 fully saturated rings. The second-order valence-corrected chi connectivity index (χ2v) is 5.90. The third kappa shape index (κ3) is 2.35. The number of benzene rings is 1. The van der Waals surface area contributed by atoms with E-state index in [1.165, 1.54) is 19.3 Å². The van der Waals surface area contributed by atoms with E-state index in [-0.39, 0.29) is 6.61 Å². The van der Waals surface area contributed by atoms with Crippen molar-refractivity contribution in [3.05, 3.63) is 28.0 Å². The van der Waals surface area contributed by atoms with E-state index in [2.05, 4.69) is 4.57 Å². The minimum absolute atomic E-state index is 0.186. The topological polar surface area (TPSA) is 38.0 Å². The summed E-state index contributed by atoms with van der Waals surface area (Å²) in [7, 11) is 0. The first-order valence-electron chi connectivity index (χ1n) is 6.66. The highest BCUT2D eigenvalue weighted by Gasteiger charge is 2.26. The van der Waals surface area contributed by atoms with E-state index in [0.29, 0.717) is 16.0 Å². The van der Waals surface area contributed by atoms with E-state index in [1.807, 2.05) is 12.1 Å². The van der Waals surface area contributed by atoms with Gasteiger partial charge >= 0.3 is 0 Å². The lowest BCUT2D eigenvalue weighted by molar-refractivity contribution is 0.277. The standard InChI is InChI=1S/C14H16Cl2N2O/c15-10-7-12-13(8-11(10)16)18(5-2-6-19)14(17-12)9-3-1-4-9/h7-9,19H,1-6H2. The molecule has 0 bridgehead atoms. The molecule has 1 aliphatic rings. The fraction of sp³-hybridized carbons (Fsp3) is 0.500. The molecule has 5 heteroatoms. The molecule has 2 aromatic rings. The summed E-state index contributed by atoms with van der Waals surface area (Å²) >= 11 is 12.2. The van der Waals surface area contributed by atoms with Crippen LogP contribution in [0.5, 0.6) is 0 Å². The van der Waals surface area contributed by atoms with Crippen molar-refractivity contribution in [1.82, 2.24) is 9.55 Å². The summed E-state index contributed by atoms with van der Waals surface area (Å²) in [6, 6.07) is 3.71. The molecule has 3 rings (SSSR count). The monoisotopic (exact) mass is 298 g/mol. The number of aromatic nitrogens is 2. The van der Waals surface area contributed by atoms with Crippen LogP contribution in [0.3, 0.4) is 0 Å². The van der Waals surface area contributed by atoms with Gasteiger partial charge < -0.3 is 9.67 Å². The molecule has 1 heterocycles. The first kappa shape index (κ1) is 13.2. The summed E-state index contributed by atoms with van der Waals surface area (Å²) < 4.78 is 2.19. The number of fused-ring (bicyclic) bond motifs is 1. The SMILES string of the molecule is OCCCn1c(C2CCC2)nc2cc(Cl)c(Cl)cc21. The van der Waals surface area contributed by atoms with Crippen molar-refractivity contribution in [1.29, 1.82) is 0 Å². The Bertz CT molecular complexity index is 605. The lowest BCUT2D eigenvalue weighted by Crippen LogP contribution is -2.16. The van der Waals surface area contributed by atoms with Crippen LogP contribution in [-0.4, -0.2) is 21.3 Å². The number of imidazole rings is 1. The average molecular weight is 299 g/mol. The third-order valence-corrected chi connectivity index (χ3v) is 4.55. The highest BCUT2D eigenvalue weighted by Crippen LogP contribution is 2.38. The molecule has 0 spiro atoms. The molecule has 1 saturated carbocycles. The van der Waals surface area contributed by atoms with Crippen molar-refractivity contribution >= 4 is 34.2 Å². The number of aliphatic hydroxyl groups excluding tert-OH is 1. The molecular weight excluding hydrogens is 283 g/mol. The molecular formula is C14H16Cl2N2O. The van der Waals surface area contributed by atoms with Gasteiger partial charge in [-0.3, -0.25) is 0 Å². The van der Waals surface area contributed by atoms with Gasteiger partial charge in [0.2, 0.25) is 0 Å². The zero-order valence-electron chi connectivity index (χ0n) is 10.6. The Labute approximate surface area is 122 Å². The van der Waals surface area contributed by atoms with Crippen LogP contribution in [0, 0.1) is 0 Å². The lowest BCUT2D eigenvalue weighted by Gasteiger charge is -2.25. The first-order chi connectivity index (χ1) is 9.20. The van der Waals surface area contributed by atoms with Crippen molar-refractivity contribution in [2.45, 2.75) is 38.1 Å². The normalized spacial score (nSPS) is 15.9. The highest BCUT2D eigenvalue weighted by molar-refractivity contribution is 6.42. The maximum atomic E-state index is 9.06. The number of nitrogens with zero attached hydrogens (tertiary/aromatic N) is 2. The van der Waals surface area contributed by atoms with E-state index in [4.69, 9.17) is 33.3 Å². The summed E-state index contributed by atoms with van der Waals surface area (Å²) in [5.41, 5.74) is 1.92. The predicted octanol–water partition coefficient (Wildman–Crippen LogP) is 3.99. The van der Waals surface area contributed by atoms with Gasteiger partial charge in [0.05, 0.1) is 21.1 Å². The van der Waals surface area contributed by atoms with Crippen LogP contribution in [0.15, 0.2) is 12.1 Å². The predicted molar refractivity (Wildman–Crippen MR) is 78.0 cm³/mol. The maximum Gasteiger partial charge on any atom is 0.112 e. The Balaban J connectivity index is 2.11. The molecule has 3 nitrogen and oxygen atoms in total. The molecule has 0 aliphatic heterocycles. The Kier molecular flexibility index (Phi) is 3.70. The number of aliphatic hydroxyl groups is 1. The number of aryl methyl sites for hydroxylation is 1. The molecule has 0 amide bonds. The van der Waals surface area contributed by atoms with Crippen LogP contribution >= 0.6 is 23.2 Å². The van der Waals surface area contributed by atoms with Crippen molar-refractivity contribution in [2.75, 3.05) is 6.61 Å². The average Bonchev–Trinajstić information content (AvgIpc) is 2.63. The largest absolute Gasteiger partial charge is 0.396 e. The molecule has 0 saturated heterocycles. The third-order valence-electron chi connectivity index (χ3n) is 3.83. The van der Waals surface area contributed by atoms with Gasteiger partial charge in [0.1, 0.15) is 5.82 Å². The summed E-state index contributed by atoms with van der Waals surface area (Å²) in [6.45, 7) is 0.960. The van der Waals surface area contributed by atoms with Crippen LogP contribution in [0.2, 0.25) is 10.0 Å². The Morgan fingerprint density at radius 2 is 2.00 bits per heavy atom. The van der Waals surface area contributed by atoms with Gasteiger partial charge in [0, 0.05) is 19.1 Å². The first-order valence-corrected chi connectivity index (χ1v) is 7.42. The second kappa shape index (κ2) is 5.31. The van der Waals surface area contributed by atoms with Crippen LogP contribution in [0.25, 0.3) is 11.0 Å². The highest BCUT2D eigenvalue weighted by atomic mass is 35.5. The van der Waals surface area contributed by atoms with Gasteiger partial charge in [-0.25, -0.2) is 4.98 Å². The van der Waals surface area contributed by atoms with Crippen molar-refractivity contribution in [3.8, 4) is 0 Å². The van der Waals surface area contributed by atoms with E-state index in [1.54, 1.807) is 0 Å². The van der Waals surface area contributed by atoms with Gasteiger partial charge in [-0.1, -0.05) is 29.6 Å². The van der Waals surface area contributed by atoms with Gasteiger partial charge in [-0.15, -0.1) is 0 Å². The molecule has 0 unspecified atom stereocenters. The molecule has 0 atom stereocenters. The van der Waals surface area contributed by atoms with Gasteiger partial charge in [0.25, 0.3) is 0 Å². The van der Waals surface area contributed by atoms with Crippen molar-refractivity contribution < 1.29 is 5.11 Å². The molecule has 0 radical (unpaired) electrons. The van der Waals surface area contributed by atoms with Crippen LogP contribution < -0.4 is 0 Å². The quantitative estimate of drug-likeness (QED) is 0.927. The van der Waals surface area contributed by atoms with Crippen LogP contribution in [0.4, 0.5) is 0 Å². The maximum absolute atomic E-state index is 9.06. The Morgan fingerprint density at radius 3 is 2.63 bits per heavy atom. The molecule has 1 aliphatic carbocycles. The Morgan fingerprint density at radius 1 is 1.26 bits per heavy atom. The van der Waals surface area contributed by atoms with Crippen LogP contribution in [0.1, 0.15) is 37.4 Å². The van der Waals surface area contributed by atoms with E-state index in [9.17, 15) is 0 Å². The minimum atomic E-state index is 0.186. The van der Waals surface area contributed by atoms with E-state index in [0.717, 1.165) is 29.8 Å². The summed E-state index contributed by atoms with van der Waals surface area (Å²) in [6.07, 6.45) is 4.40. The van der Waals surface area contributed by atoms with E-state index < -0.39 is 0 Å². The zero-order valence-corrected chi connectivity index (χ0v) is 12.1. The van der Waals surface area contributed by atoms with Gasteiger partial charge in [-0.05, 0) is 31.4 Å². The smallest absolute Gasteiger partial charge is 0.112 e. The molecule has 1 N–H and O–H groups in total. The number of hydrogen-bond acceptors (Lipinski definition) is 2. The Hall–Kier alpha value is -0.770. The van der Waals surface area contributed by atoms with Gasteiger partial charge in [0.15, 0.2) is 0 Å². The fourth-order valence-corrected chi connectivity index (χ4v) is 2.90. The summed E-state index contributed by atoms with van der Waals surface area (Å²) in [4.78, 5) is 4.73. The summed E-state index contributed by atoms with van der Waals surface area (Å²) in [5.74, 6) is 1.66. The zero-order chi connectivity index (χ0) is 13.4. The molecule has 19 heavy (non-hydrogen) atoms. The molecule has 1 aromatic heterocycles. The van der Waals surface area contributed by atoms with E-state index >= 15 is 0 Å². The number of halogens is 2. The number of hydrogen-bond donors (Lipinski definition) is 1. The fourth-order valence-electron chi connectivity index (χ4n) is 2.58. The van der Waals surface area contributed by atoms with Crippen molar-refractivity contribution in [2.24, 2.45) is 0 Å².